The van der Waals surface area contributed by atoms with E-state index >= 15 is 0 Å². The Balaban J connectivity index is 5.58. The van der Waals surface area contributed by atoms with Crippen molar-refractivity contribution in [3.63, 3.8) is 0 Å². The molecule has 0 aliphatic rings. The van der Waals surface area contributed by atoms with Crippen LogP contribution in [0.15, 0.2) is 11.6 Å². The maximum Gasteiger partial charge on any atom is 0.335 e. The van der Waals surface area contributed by atoms with E-state index in [0.717, 1.165) is 0 Å². The highest BCUT2D eigenvalue weighted by atomic mass is 16.6. The summed E-state index contributed by atoms with van der Waals surface area (Å²) in [6.07, 6.45) is 1.75. The Morgan fingerprint density at radius 2 is 1.35 bits per heavy atom. The number of allylic oxidation sites excluding steroid dienone is 1. The molecule has 0 unspecified atom stereocenters. The number of rotatable bonds is 10. The molecule has 0 fully saturated rings. The summed E-state index contributed by atoms with van der Waals surface area (Å²) in [5, 5.41) is 0. The molecule has 0 saturated carbocycles. The summed E-state index contributed by atoms with van der Waals surface area (Å²) in [7, 11) is 0. The van der Waals surface area contributed by atoms with Crippen molar-refractivity contribution in [2.45, 2.75) is 40.5 Å². The van der Waals surface area contributed by atoms with Gasteiger partial charge in [0, 0.05) is 6.42 Å². The van der Waals surface area contributed by atoms with E-state index in [9.17, 15) is 19.2 Å². The van der Waals surface area contributed by atoms with Crippen LogP contribution in [-0.4, -0.2) is 43.5 Å². The van der Waals surface area contributed by atoms with Crippen molar-refractivity contribution < 1.29 is 33.4 Å². The molecule has 130 valence electrons. The van der Waals surface area contributed by atoms with Crippen LogP contribution in [0.2, 0.25) is 0 Å². The number of hydrogen-bond acceptors (Lipinski definition) is 7. The minimum Gasteiger partial charge on any atom is -0.465 e. The van der Waals surface area contributed by atoms with Gasteiger partial charge in [-0.05, 0) is 34.1 Å². The Morgan fingerprint density at radius 1 is 0.870 bits per heavy atom. The second kappa shape index (κ2) is 11.4. The second-order valence-corrected chi connectivity index (χ2v) is 4.56. The minimum absolute atomic E-state index is 0.0539. The van der Waals surface area contributed by atoms with Crippen LogP contribution in [0.3, 0.4) is 0 Å². The van der Waals surface area contributed by atoms with E-state index in [4.69, 9.17) is 14.2 Å². The summed E-state index contributed by atoms with van der Waals surface area (Å²) >= 11 is 0. The average molecular weight is 328 g/mol. The van der Waals surface area contributed by atoms with Crippen molar-refractivity contribution in [2.24, 2.45) is 5.92 Å². The molecule has 0 heterocycles. The van der Waals surface area contributed by atoms with Crippen LogP contribution in [-0.2, 0) is 33.4 Å². The van der Waals surface area contributed by atoms with Gasteiger partial charge in [0.1, 0.15) is 5.78 Å². The third-order valence-corrected chi connectivity index (χ3v) is 2.73. The van der Waals surface area contributed by atoms with E-state index in [2.05, 4.69) is 0 Å². The number of ether oxygens (including phenoxy) is 3. The molecule has 7 nitrogen and oxygen atoms in total. The molecule has 0 N–H and O–H groups in total. The normalized spacial score (nSPS) is 11.1. The summed E-state index contributed by atoms with van der Waals surface area (Å²) in [5.41, 5.74) is -0.162. The summed E-state index contributed by atoms with van der Waals surface area (Å²) in [6.45, 7) is 6.38. The van der Waals surface area contributed by atoms with E-state index < -0.39 is 23.8 Å². The Kier molecular flexibility index (Phi) is 10.3. The lowest BCUT2D eigenvalue weighted by atomic mass is 9.97. The van der Waals surface area contributed by atoms with E-state index in [0.29, 0.717) is 0 Å². The fraction of sp³-hybridized carbons (Fsp3) is 0.625. The van der Waals surface area contributed by atoms with Crippen molar-refractivity contribution in [3.8, 4) is 0 Å². The maximum atomic E-state index is 12.1. The number of ketones is 1. The first-order chi connectivity index (χ1) is 10.9. The highest BCUT2D eigenvalue weighted by Crippen LogP contribution is 2.19. The lowest BCUT2D eigenvalue weighted by molar-refractivity contribution is -0.162. The molecule has 0 aromatic carbocycles. The highest BCUT2D eigenvalue weighted by Gasteiger charge is 2.37. The number of esters is 3. The van der Waals surface area contributed by atoms with Crippen LogP contribution in [0, 0.1) is 5.92 Å². The molecule has 0 spiro atoms. The van der Waals surface area contributed by atoms with Crippen LogP contribution in [0.5, 0.6) is 0 Å². The molecule has 0 saturated heterocycles. The number of carbonyl (C=O) groups excluding carboxylic acids is 4. The van der Waals surface area contributed by atoms with Crippen molar-refractivity contribution in [3.05, 3.63) is 11.6 Å². The van der Waals surface area contributed by atoms with Gasteiger partial charge in [-0.25, -0.2) is 4.79 Å². The largest absolute Gasteiger partial charge is 0.465 e. The molecule has 0 aromatic rings. The van der Waals surface area contributed by atoms with Gasteiger partial charge in [-0.1, -0.05) is 6.08 Å². The molecule has 0 amide bonds. The number of carbonyl (C=O) groups is 4. The minimum atomic E-state index is -1.51. The predicted molar refractivity (Wildman–Crippen MR) is 81.4 cm³/mol. The zero-order valence-electron chi connectivity index (χ0n) is 14.0. The van der Waals surface area contributed by atoms with Gasteiger partial charge < -0.3 is 19.0 Å². The second-order valence-electron chi connectivity index (χ2n) is 4.56. The predicted octanol–water partition coefficient (Wildman–Crippen LogP) is 1.59. The topological polar surface area (TPSA) is 96.0 Å². The first-order valence-electron chi connectivity index (χ1n) is 7.58. The Labute approximate surface area is 136 Å². The molecule has 23 heavy (non-hydrogen) atoms. The molecule has 0 rings (SSSR count). The van der Waals surface area contributed by atoms with Gasteiger partial charge in [0.15, 0.2) is 5.92 Å². The Morgan fingerprint density at radius 3 is 1.74 bits per heavy atom. The van der Waals surface area contributed by atoms with Gasteiger partial charge in [-0.3, -0.25) is 9.59 Å². The van der Waals surface area contributed by atoms with Crippen molar-refractivity contribution in [2.75, 3.05) is 19.8 Å². The Hall–Kier alpha value is -2.18. The van der Waals surface area contributed by atoms with Crippen LogP contribution >= 0.6 is 0 Å². The molecule has 0 aliphatic heterocycles. The van der Waals surface area contributed by atoms with Gasteiger partial charge in [0.25, 0.3) is 0 Å². The summed E-state index contributed by atoms with van der Waals surface area (Å²) < 4.78 is 14.6. The standard InChI is InChI=1S/C16H24O7/c1-5-21-14(18)12(10-8-9-11(4)17)13(15(19)22-6-2)16(20)23-7-3/h10,13H,5-9H2,1-4H3/b12-10+. The third kappa shape index (κ3) is 7.58. The number of Topliss-reactive ketones (excluding diaryl/α,β-unsaturated/α-hetero) is 1. The van der Waals surface area contributed by atoms with Gasteiger partial charge in [-0.2, -0.15) is 0 Å². The fourth-order valence-electron chi connectivity index (χ4n) is 1.77. The molecule has 0 atom stereocenters. The van der Waals surface area contributed by atoms with Crippen molar-refractivity contribution in [1.29, 1.82) is 0 Å². The van der Waals surface area contributed by atoms with E-state index in [1.807, 2.05) is 0 Å². The quantitative estimate of drug-likeness (QED) is 0.260. The van der Waals surface area contributed by atoms with E-state index in [1.165, 1.54) is 13.0 Å². The van der Waals surface area contributed by atoms with Gasteiger partial charge in [-0.15, -0.1) is 0 Å². The van der Waals surface area contributed by atoms with Crippen molar-refractivity contribution >= 4 is 23.7 Å². The smallest absolute Gasteiger partial charge is 0.335 e. The van der Waals surface area contributed by atoms with Gasteiger partial charge >= 0.3 is 17.9 Å². The van der Waals surface area contributed by atoms with Crippen LogP contribution in [0.4, 0.5) is 0 Å². The molecule has 0 aromatic heterocycles. The molecule has 0 radical (unpaired) electrons. The summed E-state index contributed by atoms with van der Waals surface area (Å²) in [5.74, 6) is -4.16. The van der Waals surface area contributed by atoms with E-state index in [1.54, 1.807) is 20.8 Å². The first kappa shape index (κ1) is 20.8. The van der Waals surface area contributed by atoms with Crippen LogP contribution < -0.4 is 0 Å². The lowest BCUT2D eigenvalue weighted by Gasteiger charge is -2.17. The number of hydrogen-bond donors (Lipinski definition) is 0. The van der Waals surface area contributed by atoms with Gasteiger partial charge in [0.05, 0.1) is 25.4 Å². The summed E-state index contributed by atoms with van der Waals surface area (Å²) in [4.78, 5) is 47.3. The zero-order chi connectivity index (χ0) is 17.8. The van der Waals surface area contributed by atoms with Crippen LogP contribution in [0.25, 0.3) is 0 Å². The average Bonchev–Trinajstić information content (AvgIpc) is 2.46. The molecule has 7 heteroatoms. The molecule has 0 aliphatic carbocycles. The first-order valence-corrected chi connectivity index (χ1v) is 7.58. The fourth-order valence-corrected chi connectivity index (χ4v) is 1.77. The van der Waals surface area contributed by atoms with Crippen LogP contribution in [0.1, 0.15) is 40.5 Å². The SMILES string of the molecule is CCOC(=O)/C(=C/CCC(C)=O)C(C(=O)OCC)C(=O)OCC. The van der Waals surface area contributed by atoms with Gasteiger partial charge in [0.2, 0.25) is 0 Å². The maximum absolute atomic E-state index is 12.1. The Bertz CT molecular complexity index is 447. The lowest BCUT2D eigenvalue weighted by Crippen LogP contribution is -2.33. The summed E-state index contributed by atoms with van der Waals surface area (Å²) in [6, 6.07) is 0. The molecular formula is C16H24O7. The monoisotopic (exact) mass is 328 g/mol. The molecule has 0 bridgehead atoms. The highest BCUT2D eigenvalue weighted by molar-refractivity contribution is 6.07. The van der Waals surface area contributed by atoms with Crippen molar-refractivity contribution in [1.82, 2.24) is 0 Å². The van der Waals surface area contributed by atoms with E-state index in [-0.39, 0.29) is 44.0 Å². The third-order valence-electron chi connectivity index (χ3n) is 2.73. The molecular weight excluding hydrogens is 304 g/mol. The zero-order valence-corrected chi connectivity index (χ0v) is 14.0.